The minimum absolute atomic E-state index is 0.00861. The van der Waals surface area contributed by atoms with E-state index < -0.39 is 0 Å². The molecule has 28 heavy (non-hydrogen) atoms. The van der Waals surface area contributed by atoms with E-state index in [9.17, 15) is 9.59 Å². The van der Waals surface area contributed by atoms with Crippen molar-refractivity contribution >= 4 is 11.8 Å². The summed E-state index contributed by atoms with van der Waals surface area (Å²) in [7, 11) is 0. The van der Waals surface area contributed by atoms with Crippen LogP contribution in [-0.2, 0) is 9.59 Å². The highest BCUT2D eigenvalue weighted by Crippen LogP contribution is 2.32. The highest BCUT2D eigenvalue weighted by atomic mass is 16.2. The van der Waals surface area contributed by atoms with Gasteiger partial charge in [-0.3, -0.25) is 9.59 Å². The third-order valence-corrected chi connectivity index (χ3v) is 5.98. The van der Waals surface area contributed by atoms with E-state index in [2.05, 4.69) is 41.7 Å². The van der Waals surface area contributed by atoms with Crippen molar-refractivity contribution in [2.75, 3.05) is 13.1 Å². The molecular weight excluding hydrogens is 348 g/mol. The Morgan fingerprint density at radius 2 is 1.46 bits per heavy atom. The molecule has 2 amide bonds. The van der Waals surface area contributed by atoms with Gasteiger partial charge in [-0.15, -0.1) is 0 Å². The quantitative estimate of drug-likeness (QED) is 0.851. The molecule has 146 valence electrons. The van der Waals surface area contributed by atoms with Crippen LogP contribution in [0.3, 0.4) is 0 Å². The van der Waals surface area contributed by atoms with E-state index in [1.165, 1.54) is 11.1 Å². The lowest BCUT2D eigenvalue weighted by atomic mass is 9.94. The standard InChI is InChI=1S/C24H28N2O2/c1-17(18-7-9-20(10-8-18)19-5-3-2-4-6-19)25-23(27)21-13-15-26(16-14-21)24(28)22-11-12-22/h2-10,17,21-22H,11-16H2,1H3,(H,25,27). The van der Waals surface area contributed by atoms with Crippen LogP contribution in [0.4, 0.5) is 0 Å². The Balaban J connectivity index is 1.30. The van der Waals surface area contributed by atoms with Gasteiger partial charge in [0.15, 0.2) is 0 Å². The van der Waals surface area contributed by atoms with Gasteiger partial charge in [0.25, 0.3) is 0 Å². The normalized spacial score (nSPS) is 18.5. The summed E-state index contributed by atoms with van der Waals surface area (Å²) < 4.78 is 0. The van der Waals surface area contributed by atoms with Crippen molar-refractivity contribution in [3.05, 3.63) is 60.2 Å². The number of likely N-dealkylation sites (tertiary alicyclic amines) is 1. The van der Waals surface area contributed by atoms with Crippen LogP contribution in [0, 0.1) is 11.8 Å². The molecule has 2 fully saturated rings. The molecule has 1 aliphatic heterocycles. The van der Waals surface area contributed by atoms with E-state index in [0.717, 1.165) is 31.2 Å². The molecule has 4 nitrogen and oxygen atoms in total. The molecule has 1 aliphatic carbocycles. The van der Waals surface area contributed by atoms with E-state index >= 15 is 0 Å². The molecule has 0 radical (unpaired) electrons. The fourth-order valence-electron chi connectivity index (χ4n) is 3.96. The van der Waals surface area contributed by atoms with E-state index in [0.29, 0.717) is 19.0 Å². The summed E-state index contributed by atoms with van der Waals surface area (Å²) in [6.45, 7) is 3.46. The number of hydrogen-bond acceptors (Lipinski definition) is 2. The van der Waals surface area contributed by atoms with Gasteiger partial charge >= 0.3 is 0 Å². The van der Waals surface area contributed by atoms with E-state index in [-0.39, 0.29) is 23.8 Å². The second-order valence-electron chi connectivity index (χ2n) is 8.09. The van der Waals surface area contributed by atoms with Crippen LogP contribution in [0.15, 0.2) is 54.6 Å². The number of benzene rings is 2. The van der Waals surface area contributed by atoms with Crippen molar-refractivity contribution in [1.82, 2.24) is 10.2 Å². The molecular formula is C24H28N2O2. The number of nitrogens with zero attached hydrogens (tertiary/aromatic N) is 1. The van der Waals surface area contributed by atoms with Crippen molar-refractivity contribution in [2.24, 2.45) is 11.8 Å². The molecule has 1 N–H and O–H groups in total. The zero-order valence-corrected chi connectivity index (χ0v) is 16.4. The van der Waals surface area contributed by atoms with Gasteiger partial charge in [-0.25, -0.2) is 0 Å². The zero-order valence-electron chi connectivity index (χ0n) is 16.4. The highest BCUT2D eigenvalue weighted by molar-refractivity contribution is 5.82. The molecule has 4 rings (SSSR count). The first-order valence-corrected chi connectivity index (χ1v) is 10.4. The lowest BCUT2D eigenvalue weighted by Gasteiger charge is -2.32. The molecule has 1 atom stereocenters. The van der Waals surface area contributed by atoms with Crippen LogP contribution in [-0.4, -0.2) is 29.8 Å². The minimum atomic E-state index is -0.0246. The average Bonchev–Trinajstić information content (AvgIpc) is 3.59. The molecule has 1 saturated heterocycles. The predicted molar refractivity (Wildman–Crippen MR) is 110 cm³/mol. The lowest BCUT2D eigenvalue weighted by Crippen LogP contribution is -2.43. The van der Waals surface area contributed by atoms with Gasteiger partial charge in [-0.2, -0.15) is 0 Å². The van der Waals surface area contributed by atoms with Gasteiger partial charge in [0.05, 0.1) is 6.04 Å². The topological polar surface area (TPSA) is 49.4 Å². The van der Waals surface area contributed by atoms with Gasteiger partial charge in [-0.1, -0.05) is 54.6 Å². The molecule has 1 unspecified atom stereocenters. The van der Waals surface area contributed by atoms with Gasteiger partial charge < -0.3 is 10.2 Å². The summed E-state index contributed by atoms with van der Waals surface area (Å²) in [6.07, 6.45) is 3.62. The average molecular weight is 376 g/mol. The fourth-order valence-corrected chi connectivity index (χ4v) is 3.96. The summed E-state index contributed by atoms with van der Waals surface area (Å²) in [5.41, 5.74) is 3.48. The molecule has 1 heterocycles. The molecule has 0 aromatic heterocycles. The summed E-state index contributed by atoms with van der Waals surface area (Å²) in [5.74, 6) is 0.683. The Kier molecular flexibility index (Phi) is 5.47. The number of rotatable bonds is 5. The SMILES string of the molecule is CC(NC(=O)C1CCN(C(=O)C2CC2)CC1)c1ccc(-c2ccccc2)cc1. The van der Waals surface area contributed by atoms with Crippen molar-refractivity contribution in [2.45, 2.75) is 38.6 Å². The summed E-state index contributed by atoms with van der Waals surface area (Å²) in [6, 6.07) is 18.6. The number of carbonyl (C=O) groups is 2. The Hall–Kier alpha value is -2.62. The number of nitrogens with one attached hydrogen (secondary N) is 1. The van der Waals surface area contributed by atoms with Gasteiger partial charge in [0, 0.05) is 24.9 Å². The zero-order chi connectivity index (χ0) is 19.5. The number of carbonyl (C=O) groups excluding carboxylic acids is 2. The van der Waals surface area contributed by atoms with Crippen LogP contribution in [0.5, 0.6) is 0 Å². The van der Waals surface area contributed by atoms with Crippen LogP contribution in [0.2, 0.25) is 0 Å². The maximum Gasteiger partial charge on any atom is 0.225 e. The Morgan fingerprint density at radius 3 is 2.07 bits per heavy atom. The predicted octanol–water partition coefficient (Wildman–Crippen LogP) is 4.18. The number of piperidine rings is 1. The maximum atomic E-state index is 12.7. The van der Waals surface area contributed by atoms with Crippen molar-refractivity contribution in [3.8, 4) is 11.1 Å². The molecule has 2 aromatic carbocycles. The first kappa shape index (κ1) is 18.7. The second-order valence-corrected chi connectivity index (χ2v) is 8.09. The monoisotopic (exact) mass is 376 g/mol. The lowest BCUT2D eigenvalue weighted by molar-refractivity contribution is -0.136. The Labute approximate surface area is 166 Å². The Morgan fingerprint density at radius 1 is 0.857 bits per heavy atom. The largest absolute Gasteiger partial charge is 0.349 e. The van der Waals surface area contributed by atoms with Crippen molar-refractivity contribution < 1.29 is 9.59 Å². The molecule has 4 heteroatoms. The number of hydrogen-bond donors (Lipinski definition) is 1. The number of amides is 2. The smallest absolute Gasteiger partial charge is 0.225 e. The van der Waals surface area contributed by atoms with Crippen LogP contribution < -0.4 is 5.32 Å². The molecule has 0 bridgehead atoms. The summed E-state index contributed by atoms with van der Waals surface area (Å²) in [4.78, 5) is 26.8. The third-order valence-electron chi connectivity index (χ3n) is 5.98. The van der Waals surface area contributed by atoms with E-state index in [1.807, 2.05) is 30.0 Å². The first-order chi connectivity index (χ1) is 13.6. The minimum Gasteiger partial charge on any atom is -0.349 e. The van der Waals surface area contributed by atoms with E-state index in [4.69, 9.17) is 0 Å². The maximum absolute atomic E-state index is 12.7. The van der Waals surface area contributed by atoms with Crippen LogP contribution >= 0.6 is 0 Å². The van der Waals surface area contributed by atoms with E-state index in [1.54, 1.807) is 0 Å². The van der Waals surface area contributed by atoms with Gasteiger partial charge in [-0.05, 0) is 49.3 Å². The highest BCUT2D eigenvalue weighted by Gasteiger charge is 2.36. The van der Waals surface area contributed by atoms with Crippen LogP contribution in [0.25, 0.3) is 11.1 Å². The molecule has 2 aliphatic rings. The van der Waals surface area contributed by atoms with Crippen LogP contribution in [0.1, 0.15) is 44.2 Å². The molecule has 1 saturated carbocycles. The first-order valence-electron chi connectivity index (χ1n) is 10.4. The molecule has 2 aromatic rings. The second kappa shape index (κ2) is 8.17. The van der Waals surface area contributed by atoms with Gasteiger partial charge in [0.1, 0.15) is 0 Å². The summed E-state index contributed by atoms with van der Waals surface area (Å²) >= 11 is 0. The molecule has 0 spiro atoms. The summed E-state index contributed by atoms with van der Waals surface area (Å²) in [5, 5.41) is 3.16. The fraction of sp³-hybridized carbons (Fsp3) is 0.417. The van der Waals surface area contributed by atoms with Crippen molar-refractivity contribution in [3.63, 3.8) is 0 Å². The van der Waals surface area contributed by atoms with Gasteiger partial charge in [0.2, 0.25) is 11.8 Å². The van der Waals surface area contributed by atoms with Crippen molar-refractivity contribution in [1.29, 1.82) is 0 Å². The third kappa shape index (κ3) is 4.27. The Bertz CT molecular complexity index is 819.